The quantitative estimate of drug-likeness (QED) is 0.811. The van der Waals surface area contributed by atoms with Gasteiger partial charge in [0.25, 0.3) is 0 Å². The maximum atomic E-state index is 12.7. The van der Waals surface area contributed by atoms with Crippen molar-refractivity contribution in [1.82, 2.24) is 10.0 Å². The molecule has 120 valence electrons. The number of nitrogens with one attached hydrogen (secondary N) is 2. The van der Waals surface area contributed by atoms with Gasteiger partial charge in [-0.1, -0.05) is 13.3 Å². The Hall–Kier alpha value is -0.850. The maximum Gasteiger partial charge on any atom is 0.244 e. The number of sulfonamides is 1. The Bertz CT molecular complexity index is 588. The summed E-state index contributed by atoms with van der Waals surface area (Å²) in [5, 5.41) is 3.18. The van der Waals surface area contributed by atoms with E-state index in [1.165, 1.54) is 6.42 Å². The fourth-order valence-corrected chi connectivity index (χ4v) is 4.62. The Balaban J connectivity index is 2.25. The summed E-state index contributed by atoms with van der Waals surface area (Å²) in [6, 6.07) is -0.0228. The smallest absolute Gasteiger partial charge is 0.244 e. The van der Waals surface area contributed by atoms with Gasteiger partial charge in [-0.15, -0.1) is 0 Å². The van der Waals surface area contributed by atoms with Crippen LogP contribution in [0.5, 0.6) is 0 Å². The molecule has 1 aliphatic rings. The monoisotopic (exact) mass is 314 g/mol. The van der Waals surface area contributed by atoms with Crippen LogP contribution in [0.4, 0.5) is 0 Å². The molecule has 1 unspecified atom stereocenters. The van der Waals surface area contributed by atoms with Crippen LogP contribution in [-0.2, 0) is 16.6 Å². The minimum absolute atomic E-state index is 0.0228. The number of hydrogen-bond acceptors (Lipinski definition) is 4. The summed E-state index contributed by atoms with van der Waals surface area (Å²) in [5.41, 5.74) is 0.739. The van der Waals surface area contributed by atoms with Gasteiger partial charge in [0.05, 0.1) is 0 Å². The molecule has 0 aliphatic heterocycles. The molecule has 2 rings (SSSR count). The van der Waals surface area contributed by atoms with Gasteiger partial charge in [-0.3, -0.25) is 0 Å². The van der Waals surface area contributed by atoms with Crippen molar-refractivity contribution in [2.24, 2.45) is 5.92 Å². The fraction of sp³-hybridized carbons (Fsp3) is 0.733. The zero-order valence-electron chi connectivity index (χ0n) is 13.3. The highest BCUT2D eigenvalue weighted by molar-refractivity contribution is 7.89. The Morgan fingerprint density at radius 3 is 2.48 bits per heavy atom. The molecule has 1 aliphatic carbocycles. The molecular weight excluding hydrogens is 288 g/mol. The lowest BCUT2D eigenvalue weighted by atomic mass is 9.81. The minimum Gasteiger partial charge on any atom is -0.465 e. The first kappa shape index (κ1) is 16.5. The second-order valence-electron chi connectivity index (χ2n) is 5.90. The second-order valence-corrected chi connectivity index (χ2v) is 7.55. The molecule has 1 fully saturated rings. The predicted molar refractivity (Wildman–Crippen MR) is 82.7 cm³/mol. The third kappa shape index (κ3) is 3.49. The molecule has 6 heteroatoms. The van der Waals surface area contributed by atoms with E-state index in [9.17, 15) is 8.42 Å². The maximum absolute atomic E-state index is 12.7. The summed E-state index contributed by atoms with van der Waals surface area (Å²) >= 11 is 0. The molecule has 0 amide bonds. The molecule has 21 heavy (non-hydrogen) atoms. The van der Waals surface area contributed by atoms with Crippen molar-refractivity contribution in [3.63, 3.8) is 0 Å². The van der Waals surface area contributed by atoms with Crippen molar-refractivity contribution in [3.05, 3.63) is 17.1 Å². The Morgan fingerprint density at radius 1 is 1.29 bits per heavy atom. The van der Waals surface area contributed by atoms with Crippen LogP contribution in [0.3, 0.4) is 0 Å². The third-order valence-corrected chi connectivity index (χ3v) is 6.10. The number of furan rings is 1. The van der Waals surface area contributed by atoms with Gasteiger partial charge in [0, 0.05) is 18.2 Å². The first-order valence-corrected chi connectivity index (χ1v) is 9.17. The van der Waals surface area contributed by atoms with Crippen LogP contribution in [0.25, 0.3) is 0 Å². The molecule has 0 saturated heterocycles. The molecule has 2 N–H and O–H groups in total. The molecule has 5 nitrogen and oxygen atoms in total. The first-order valence-electron chi connectivity index (χ1n) is 7.68. The van der Waals surface area contributed by atoms with Crippen LogP contribution in [0.15, 0.2) is 9.31 Å². The molecule has 1 heterocycles. The van der Waals surface area contributed by atoms with Gasteiger partial charge in [0.2, 0.25) is 10.0 Å². The molecule has 1 saturated carbocycles. The van der Waals surface area contributed by atoms with Crippen molar-refractivity contribution in [2.75, 3.05) is 6.54 Å². The minimum atomic E-state index is -3.54. The van der Waals surface area contributed by atoms with Crippen molar-refractivity contribution < 1.29 is 12.8 Å². The molecule has 1 aromatic heterocycles. The van der Waals surface area contributed by atoms with Gasteiger partial charge in [-0.2, -0.15) is 0 Å². The summed E-state index contributed by atoms with van der Waals surface area (Å²) in [6.45, 7) is 8.77. The van der Waals surface area contributed by atoms with E-state index in [1.54, 1.807) is 6.92 Å². The third-order valence-electron chi connectivity index (χ3n) is 4.34. The Labute approximate surface area is 127 Å². The summed E-state index contributed by atoms with van der Waals surface area (Å²) in [7, 11) is -3.54. The van der Waals surface area contributed by atoms with E-state index < -0.39 is 10.0 Å². The van der Waals surface area contributed by atoms with Gasteiger partial charge >= 0.3 is 0 Å². The zero-order valence-corrected chi connectivity index (χ0v) is 14.1. The molecular formula is C15H26N2O3S. The summed E-state index contributed by atoms with van der Waals surface area (Å²) in [4.78, 5) is 0.312. The van der Waals surface area contributed by atoms with E-state index in [2.05, 4.69) is 10.0 Å². The average molecular weight is 314 g/mol. The summed E-state index contributed by atoms with van der Waals surface area (Å²) < 4.78 is 33.8. The van der Waals surface area contributed by atoms with E-state index >= 15 is 0 Å². The predicted octanol–water partition coefficient (Wildman–Crippen LogP) is 2.47. The highest BCUT2D eigenvalue weighted by Crippen LogP contribution is 2.31. The van der Waals surface area contributed by atoms with Crippen LogP contribution < -0.4 is 10.0 Å². The van der Waals surface area contributed by atoms with E-state index in [4.69, 9.17) is 4.42 Å². The Kier molecular flexibility index (Phi) is 5.11. The fourth-order valence-electron chi connectivity index (χ4n) is 2.86. The molecule has 0 radical (unpaired) electrons. The topological polar surface area (TPSA) is 71.3 Å². The van der Waals surface area contributed by atoms with E-state index in [1.807, 2.05) is 20.8 Å². The molecule has 0 aromatic carbocycles. The van der Waals surface area contributed by atoms with E-state index in [0.29, 0.717) is 28.9 Å². The van der Waals surface area contributed by atoms with Crippen molar-refractivity contribution >= 4 is 10.0 Å². The van der Waals surface area contributed by atoms with Crippen molar-refractivity contribution in [2.45, 2.75) is 64.4 Å². The standard InChI is InChI=1S/C15H26N2O3S/c1-5-16-9-14-11(3)20-12(4)15(14)21(18,19)17-10(2)13-7-6-8-13/h10,13,16-17H,5-9H2,1-4H3. The lowest BCUT2D eigenvalue weighted by Crippen LogP contribution is -2.41. The van der Waals surface area contributed by atoms with Crippen molar-refractivity contribution in [1.29, 1.82) is 0 Å². The van der Waals surface area contributed by atoms with Crippen LogP contribution in [-0.4, -0.2) is 21.0 Å². The number of rotatable bonds is 7. The van der Waals surface area contributed by atoms with Gasteiger partial charge in [0.1, 0.15) is 16.4 Å². The van der Waals surface area contributed by atoms with Gasteiger partial charge in [-0.25, -0.2) is 13.1 Å². The first-order chi connectivity index (χ1) is 9.86. The highest BCUT2D eigenvalue weighted by atomic mass is 32.2. The number of hydrogen-bond donors (Lipinski definition) is 2. The highest BCUT2D eigenvalue weighted by Gasteiger charge is 2.31. The van der Waals surface area contributed by atoms with Crippen LogP contribution in [0.1, 0.15) is 50.2 Å². The van der Waals surface area contributed by atoms with Crippen LogP contribution in [0.2, 0.25) is 0 Å². The largest absolute Gasteiger partial charge is 0.465 e. The molecule has 1 atom stereocenters. The second kappa shape index (κ2) is 6.50. The van der Waals surface area contributed by atoms with Gasteiger partial charge < -0.3 is 9.73 Å². The van der Waals surface area contributed by atoms with E-state index in [-0.39, 0.29) is 6.04 Å². The Morgan fingerprint density at radius 2 is 1.95 bits per heavy atom. The SMILES string of the molecule is CCNCc1c(C)oc(C)c1S(=O)(=O)NC(C)C1CCC1. The van der Waals surface area contributed by atoms with Crippen LogP contribution in [0, 0.1) is 19.8 Å². The average Bonchev–Trinajstić information content (AvgIpc) is 2.58. The van der Waals surface area contributed by atoms with Gasteiger partial charge in [-0.05, 0) is 46.1 Å². The zero-order chi connectivity index (χ0) is 15.6. The van der Waals surface area contributed by atoms with Crippen LogP contribution >= 0.6 is 0 Å². The normalized spacial score (nSPS) is 17.7. The lowest BCUT2D eigenvalue weighted by Gasteiger charge is -2.31. The van der Waals surface area contributed by atoms with Gasteiger partial charge in [0.15, 0.2) is 0 Å². The molecule has 0 spiro atoms. The molecule has 0 bridgehead atoms. The van der Waals surface area contributed by atoms with Crippen molar-refractivity contribution in [3.8, 4) is 0 Å². The summed E-state index contributed by atoms with van der Waals surface area (Å²) in [5.74, 6) is 1.60. The van der Waals surface area contributed by atoms with E-state index in [0.717, 1.165) is 24.9 Å². The lowest BCUT2D eigenvalue weighted by molar-refractivity contribution is 0.260. The summed E-state index contributed by atoms with van der Waals surface area (Å²) in [6.07, 6.45) is 3.42. The number of aryl methyl sites for hydroxylation is 2. The molecule has 1 aromatic rings.